The molecule has 10 heteroatoms. The van der Waals surface area contributed by atoms with Gasteiger partial charge in [0.25, 0.3) is 0 Å². The monoisotopic (exact) mass is 553 g/mol. The zero-order valence-corrected chi connectivity index (χ0v) is 22.9. The lowest BCUT2D eigenvalue weighted by Gasteiger charge is -2.25. The lowest BCUT2D eigenvalue weighted by molar-refractivity contribution is -0.142. The van der Waals surface area contributed by atoms with Gasteiger partial charge in [-0.1, -0.05) is 49.4 Å². The summed E-state index contributed by atoms with van der Waals surface area (Å²) >= 11 is 0. The smallest absolute Gasteiger partial charge is 0.319 e. The van der Waals surface area contributed by atoms with Crippen LogP contribution in [0.5, 0.6) is 0 Å². The number of pyridine rings is 1. The molecule has 0 bridgehead atoms. The molecule has 1 aromatic heterocycles. The minimum Gasteiger partial charge on any atom is -0.465 e. The molecule has 2 heterocycles. The number of hydrogen-bond acceptors (Lipinski definition) is 8. The quantitative estimate of drug-likeness (QED) is 0.309. The van der Waals surface area contributed by atoms with Crippen molar-refractivity contribution in [2.75, 3.05) is 25.4 Å². The summed E-state index contributed by atoms with van der Waals surface area (Å²) in [6.45, 7) is 3.47. The number of imide groups is 1. The molecule has 1 aliphatic heterocycles. The number of nitrogens with one attached hydrogen (secondary N) is 2. The Hall–Kier alpha value is -3.53. The van der Waals surface area contributed by atoms with Gasteiger partial charge < -0.3 is 10.5 Å². The minimum atomic E-state index is -0.759. The highest BCUT2D eigenvalue weighted by molar-refractivity contribution is 6.00. The van der Waals surface area contributed by atoms with E-state index in [1.54, 1.807) is 6.20 Å². The van der Waals surface area contributed by atoms with E-state index in [9.17, 15) is 14.4 Å². The van der Waals surface area contributed by atoms with Crippen molar-refractivity contribution in [3.05, 3.63) is 71.9 Å². The fraction of sp³-hybridized carbons (Fsp3) is 0.379. The molecular formula is C29H36ClN5O4. The van der Waals surface area contributed by atoms with Gasteiger partial charge in [-0.05, 0) is 60.9 Å². The van der Waals surface area contributed by atoms with Gasteiger partial charge >= 0.3 is 5.97 Å². The van der Waals surface area contributed by atoms with Crippen LogP contribution in [0, 0.1) is 0 Å². The zero-order chi connectivity index (χ0) is 26.9. The van der Waals surface area contributed by atoms with Crippen LogP contribution in [0.15, 0.2) is 60.8 Å². The number of anilines is 1. The normalized spacial score (nSPS) is 15.9. The Morgan fingerprint density at radius 2 is 1.92 bits per heavy atom. The van der Waals surface area contributed by atoms with Crippen LogP contribution in [0.25, 0.3) is 10.8 Å². The number of nitrogens with zero attached hydrogens (tertiary/aromatic N) is 2. The van der Waals surface area contributed by atoms with Gasteiger partial charge in [0.1, 0.15) is 5.82 Å². The van der Waals surface area contributed by atoms with Gasteiger partial charge in [0.05, 0.1) is 25.2 Å². The average molecular weight is 554 g/mol. The van der Waals surface area contributed by atoms with Gasteiger partial charge in [-0.25, -0.2) is 4.98 Å². The largest absolute Gasteiger partial charge is 0.465 e. The first-order valence-electron chi connectivity index (χ1n) is 13.1. The Morgan fingerprint density at radius 3 is 2.69 bits per heavy atom. The second-order valence-electron chi connectivity index (χ2n) is 9.58. The van der Waals surface area contributed by atoms with E-state index in [2.05, 4.69) is 26.6 Å². The predicted molar refractivity (Wildman–Crippen MR) is 153 cm³/mol. The highest BCUT2D eigenvalue weighted by Crippen LogP contribution is 2.24. The third-order valence-corrected chi connectivity index (χ3v) is 6.72. The number of benzene rings is 2. The number of esters is 1. The number of fused-ring (bicyclic) bond motifs is 1. The standard InChI is InChI=1S/C29H35N5O4.ClH/c1-2-15-38-26(35)18-32-24(17-20-7-4-3-5-8-20)28(36)33-29(37)25-9-6-14-34(25)19-21-10-11-23-22(16-21)12-13-31-27(23)30;/h3-5,7-8,10-13,16,24-25,32H,2,6,9,14-15,17-19H2,1H3,(H2,30,31)(H,33,36,37);1H/t24-,25+;/m1./s1. The van der Waals surface area contributed by atoms with Crippen LogP contribution in [0.2, 0.25) is 0 Å². The number of carbonyl (C=O) groups excluding carboxylic acids is 3. The van der Waals surface area contributed by atoms with E-state index in [0.29, 0.717) is 31.8 Å². The zero-order valence-electron chi connectivity index (χ0n) is 22.1. The molecule has 1 saturated heterocycles. The Balaban J connectivity index is 0.00000420. The number of rotatable bonds is 11. The number of likely N-dealkylation sites (tertiary alicyclic amines) is 1. The van der Waals surface area contributed by atoms with E-state index < -0.39 is 24.0 Å². The summed E-state index contributed by atoms with van der Waals surface area (Å²) in [4.78, 5) is 44.7. The number of nitrogen functional groups attached to an aromatic ring is 1. The van der Waals surface area contributed by atoms with Gasteiger partial charge in [0.2, 0.25) is 11.8 Å². The topological polar surface area (TPSA) is 127 Å². The van der Waals surface area contributed by atoms with E-state index in [-0.39, 0.29) is 24.9 Å². The van der Waals surface area contributed by atoms with E-state index in [4.69, 9.17) is 10.5 Å². The van der Waals surface area contributed by atoms with Crippen molar-refractivity contribution in [3.8, 4) is 0 Å². The van der Waals surface area contributed by atoms with Crippen LogP contribution in [0.3, 0.4) is 0 Å². The Bertz CT molecular complexity index is 1270. The number of amides is 2. The van der Waals surface area contributed by atoms with Crippen molar-refractivity contribution in [2.24, 2.45) is 0 Å². The lowest BCUT2D eigenvalue weighted by Crippen LogP contribution is -2.52. The maximum atomic E-state index is 13.2. The fourth-order valence-electron chi connectivity index (χ4n) is 4.77. The van der Waals surface area contributed by atoms with Crippen LogP contribution < -0.4 is 16.4 Å². The van der Waals surface area contributed by atoms with Gasteiger partial charge in [-0.2, -0.15) is 0 Å². The first-order chi connectivity index (χ1) is 18.4. The molecule has 208 valence electrons. The van der Waals surface area contributed by atoms with Crippen molar-refractivity contribution in [1.82, 2.24) is 20.5 Å². The maximum absolute atomic E-state index is 13.2. The molecule has 2 aromatic carbocycles. The predicted octanol–water partition coefficient (Wildman–Crippen LogP) is 3.00. The summed E-state index contributed by atoms with van der Waals surface area (Å²) < 4.78 is 5.12. The van der Waals surface area contributed by atoms with Crippen molar-refractivity contribution in [1.29, 1.82) is 0 Å². The summed E-state index contributed by atoms with van der Waals surface area (Å²) in [6.07, 6.45) is 4.28. The Morgan fingerprint density at radius 1 is 1.13 bits per heavy atom. The molecule has 0 saturated carbocycles. The van der Waals surface area contributed by atoms with Crippen LogP contribution in [-0.2, 0) is 32.1 Å². The summed E-state index contributed by atoms with van der Waals surface area (Å²) in [5.74, 6) is -0.722. The molecule has 0 aliphatic carbocycles. The Labute approximate surface area is 234 Å². The van der Waals surface area contributed by atoms with E-state index in [1.165, 1.54) is 0 Å². The molecular weight excluding hydrogens is 518 g/mol. The number of hydrogen-bond donors (Lipinski definition) is 3. The summed E-state index contributed by atoms with van der Waals surface area (Å²) in [5, 5.41) is 7.47. The van der Waals surface area contributed by atoms with E-state index in [0.717, 1.165) is 41.3 Å². The molecule has 2 atom stereocenters. The number of halogens is 1. The van der Waals surface area contributed by atoms with Crippen LogP contribution >= 0.6 is 12.4 Å². The molecule has 39 heavy (non-hydrogen) atoms. The lowest BCUT2D eigenvalue weighted by atomic mass is 10.0. The van der Waals surface area contributed by atoms with Crippen molar-refractivity contribution in [3.63, 3.8) is 0 Å². The van der Waals surface area contributed by atoms with Gasteiger partial charge in [-0.15, -0.1) is 12.4 Å². The molecule has 2 amide bonds. The second kappa shape index (κ2) is 14.6. The molecule has 1 fully saturated rings. The Kier molecular flexibility index (Phi) is 11.2. The number of nitrogens with two attached hydrogens (primary N) is 1. The molecule has 0 unspecified atom stereocenters. The van der Waals surface area contributed by atoms with E-state index in [1.807, 2.05) is 55.5 Å². The highest BCUT2D eigenvalue weighted by atomic mass is 35.5. The van der Waals surface area contributed by atoms with Crippen LogP contribution in [-0.4, -0.2) is 59.4 Å². The number of aromatic nitrogens is 1. The molecule has 0 radical (unpaired) electrons. The van der Waals surface area contributed by atoms with Gasteiger partial charge in [0, 0.05) is 18.1 Å². The molecule has 4 N–H and O–H groups in total. The highest BCUT2D eigenvalue weighted by Gasteiger charge is 2.33. The number of ether oxygens (including phenoxy) is 1. The minimum absolute atomic E-state index is 0. The van der Waals surface area contributed by atoms with Crippen molar-refractivity contribution >= 4 is 46.8 Å². The first kappa shape index (κ1) is 30.0. The third-order valence-electron chi connectivity index (χ3n) is 6.72. The molecule has 0 spiro atoms. The molecule has 1 aliphatic rings. The van der Waals surface area contributed by atoms with Crippen LogP contribution in [0.1, 0.15) is 37.3 Å². The molecule has 4 rings (SSSR count). The summed E-state index contributed by atoms with van der Waals surface area (Å²) in [5.41, 5.74) is 7.95. The van der Waals surface area contributed by atoms with Gasteiger partial charge in [-0.3, -0.25) is 29.9 Å². The third kappa shape index (κ3) is 8.23. The summed E-state index contributed by atoms with van der Waals surface area (Å²) in [7, 11) is 0. The van der Waals surface area contributed by atoms with Crippen molar-refractivity contribution in [2.45, 2.75) is 51.2 Å². The first-order valence-corrected chi connectivity index (χ1v) is 13.1. The van der Waals surface area contributed by atoms with Crippen molar-refractivity contribution < 1.29 is 19.1 Å². The molecule has 9 nitrogen and oxygen atoms in total. The van der Waals surface area contributed by atoms with Gasteiger partial charge in [0.15, 0.2) is 0 Å². The molecule has 3 aromatic rings. The van der Waals surface area contributed by atoms with E-state index >= 15 is 0 Å². The second-order valence-corrected chi connectivity index (χ2v) is 9.58. The fourth-order valence-corrected chi connectivity index (χ4v) is 4.77. The number of carbonyl (C=O) groups is 3. The SMILES string of the molecule is CCCOC(=O)CN[C@H](Cc1ccccc1)C(=O)NC(=O)[C@@H]1CCCN1Cc1ccc2c(N)nccc2c1.Cl. The summed E-state index contributed by atoms with van der Waals surface area (Å²) in [6, 6.07) is 16.2. The average Bonchev–Trinajstić information content (AvgIpc) is 3.38. The maximum Gasteiger partial charge on any atom is 0.319 e. The van der Waals surface area contributed by atoms with Crippen LogP contribution in [0.4, 0.5) is 5.82 Å².